The van der Waals surface area contributed by atoms with Gasteiger partial charge in [0, 0.05) is 11.3 Å². The third kappa shape index (κ3) is 2.89. The van der Waals surface area contributed by atoms with Gasteiger partial charge in [0.05, 0.1) is 25.8 Å². The largest absolute Gasteiger partial charge is 0.497 e. The fourth-order valence-corrected chi connectivity index (χ4v) is 3.02. The lowest BCUT2D eigenvalue weighted by Gasteiger charge is -2.43. The van der Waals surface area contributed by atoms with E-state index in [-0.39, 0.29) is 11.9 Å². The Balaban J connectivity index is 2.06. The van der Waals surface area contributed by atoms with Crippen LogP contribution in [0.4, 0.5) is 5.69 Å². The van der Waals surface area contributed by atoms with Crippen LogP contribution in [-0.2, 0) is 14.3 Å². The van der Waals surface area contributed by atoms with Crippen molar-refractivity contribution in [3.63, 3.8) is 0 Å². The standard InChI is InChI=1S/C20H19NO4/c1-13(20(23)25-3)17-18(14-7-5-4-6-8-14)21(19(17)22)15-9-11-16(24-2)12-10-15/h4-12,18H,1-3H3/b17-13-. The van der Waals surface area contributed by atoms with Gasteiger partial charge >= 0.3 is 5.97 Å². The minimum Gasteiger partial charge on any atom is -0.497 e. The summed E-state index contributed by atoms with van der Waals surface area (Å²) in [6.45, 7) is 1.63. The fourth-order valence-electron chi connectivity index (χ4n) is 3.02. The van der Waals surface area contributed by atoms with E-state index in [0.29, 0.717) is 11.1 Å². The monoisotopic (exact) mass is 337 g/mol. The lowest BCUT2D eigenvalue weighted by Crippen LogP contribution is -2.50. The van der Waals surface area contributed by atoms with E-state index in [1.54, 1.807) is 31.1 Å². The highest BCUT2D eigenvalue weighted by Crippen LogP contribution is 2.44. The summed E-state index contributed by atoms with van der Waals surface area (Å²) >= 11 is 0. The molecule has 3 rings (SSSR count). The SMILES string of the molecule is COC(=O)/C(C)=C1\C(=O)N(c2ccc(OC)cc2)C1c1ccccc1. The number of amides is 1. The Morgan fingerprint density at radius 2 is 1.64 bits per heavy atom. The van der Waals surface area contributed by atoms with E-state index in [1.807, 2.05) is 42.5 Å². The van der Waals surface area contributed by atoms with Crippen molar-refractivity contribution in [3.8, 4) is 5.75 Å². The number of methoxy groups -OCH3 is 2. The highest BCUT2D eigenvalue weighted by molar-refractivity contribution is 6.18. The smallest absolute Gasteiger partial charge is 0.334 e. The third-order valence-corrected chi connectivity index (χ3v) is 4.34. The molecule has 0 aromatic heterocycles. The Morgan fingerprint density at radius 3 is 2.20 bits per heavy atom. The van der Waals surface area contributed by atoms with E-state index in [1.165, 1.54) is 7.11 Å². The number of hydrogen-bond donors (Lipinski definition) is 0. The van der Waals surface area contributed by atoms with Gasteiger partial charge in [-0.15, -0.1) is 0 Å². The van der Waals surface area contributed by atoms with E-state index in [0.717, 1.165) is 17.0 Å². The zero-order valence-electron chi connectivity index (χ0n) is 14.4. The molecule has 1 saturated heterocycles. The molecule has 1 heterocycles. The molecule has 25 heavy (non-hydrogen) atoms. The van der Waals surface area contributed by atoms with Crippen molar-refractivity contribution < 1.29 is 19.1 Å². The van der Waals surface area contributed by atoms with Crippen LogP contribution in [0.15, 0.2) is 65.7 Å². The fraction of sp³-hybridized carbons (Fsp3) is 0.200. The van der Waals surface area contributed by atoms with Crippen molar-refractivity contribution >= 4 is 17.6 Å². The molecule has 1 unspecified atom stereocenters. The average Bonchev–Trinajstić information content (AvgIpc) is 2.66. The summed E-state index contributed by atoms with van der Waals surface area (Å²) in [6.07, 6.45) is 0. The molecule has 0 saturated carbocycles. The molecule has 1 aliphatic heterocycles. The van der Waals surface area contributed by atoms with Crippen molar-refractivity contribution in [1.82, 2.24) is 0 Å². The molecule has 0 aliphatic carbocycles. The summed E-state index contributed by atoms with van der Waals surface area (Å²) in [4.78, 5) is 26.4. The van der Waals surface area contributed by atoms with Gasteiger partial charge in [-0.1, -0.05) is 30.3 Å². The summed E-state index contributed by atoms with van der Waals surface area (Å²) in [7, 11) is 2.91. The van der Waals surface area contributed by atoms with Crippen LogP contribution < -0.4 is 9.64 Å². The van der Waals surface area contributed by atoms with Crippen molar-refractivity contribution in [3.05, 3.63) is 71.3 Å². The molecule has 1 atom stereocenters. The summed E-state index contributed by atoms with van der Waals surface area (Å²) in [5.74, 6) is 0.0371. The third-order valence-electron chi connectivity index (χ3n) is 4.34. The van der Waals surface area contributed by atoms with Gasteiger partial charge in [0.25, 0.3) is 5.91 Å². The van der Waals surface area contributed by atoms with Crippen LogP contribution in [0.3, 0.4) is 0 Å². The molecule has 0 N–H and O–H groups in total. The quantitative estimate of drug-likeness (QED) is 0.488. The second-order valence-corrected chi connectivity index (χ2v) is 5.72. The molecule has 0 spiro atoms. The zero-order valence-corrected chi connectivity index (χ0v) is 14.4. The second kappa shape index (κ2) is 6.81. The first-order valence-electron chi connectivity index (χ1n) is 7.90. The van der Waals surface area contributed by atoms with Crippen LogP contribution in [-0.4, -0.2) is 26.1 Å². The molecule has 128 valence electrons. The number of carbonyl (C=O) groups excluding carboxylic acids is 2. The number of hydrogen-bond acceptors (Lipinski definition) is 4. The van der Waals surface area contributed by atoms with Crippen LogP contribution in [0.25, 0.3) is 0 Å². The first-order chi connectivity index (χ1) is 12.1. The van der Waals surface area contributed by atoms with E-state index >= 15 is 0 Å². The van der Waals surface area contributed by atoms with Gasteiger partial charge in [-0.25, -0.2) is 4.79 Å². The Bertz CT molecular complexity index is 825. The van der Waals surface area contributed by atoms with Crippen molar-refractivity contribution in [2.45, 2.75) is 13.0 Å². The average molecular weight is 337 g/mol. The predicted molar refractivity (Wildman–Crippen MR) is 94.4 cm³/mol. The number of anilines is 1. The predicted octanol–water partition coefficient (Wildman–Crippen LogP) is 3.27. The van der Waals surface area contributed by atoms with E-state index in [4.69, 9.17) is 9.47 Å². The van der Waals surface area contributed by atoms with Gasteiger partial charge in [0.1, 0.15) is 5.75 Å². The van der Waals surface area contributed by atoms with Gasteiger partial charge in [0.2, 0.25) is 0 Å². The lowest BCUT2D eigenvalue weighted by molar-refractivity contribution is -0.136. The van der Waals surface area contributed by atoms with Crippen LogP contribution in [0.5, 0.6) is 5.75 Å². The number of rotatable bonds is 4. The molecule has 0 bridgehead atoms. The molecular weight excluding hydrogens is 318 g/mol. The maximum absolute atomic E-state index is 12.8. The molecular formula is C20H19NO4. The van der Waals surface area contributed by atoms with Crippen LogP contribution >= 0.6 is 0 Å². The van der Waals surface area contributed by atoms with Gasteiger partial charge in [-0.3, -0.25) is 9.69 Å². The van der Waals surface area contributed by atoms with Gasteiger partial charge in [-0.2, -0.15) is 0 Å². The number of nitrogens with zero attached hydrogens (tertiary/aromatic N) is 1. The first kappa shape index (κ1) is 16.8. The first-order valence-corrected chi connectivity index (χ1v) is 7.90. The summed E-state index contributed by atoms with van der Waals surface area (Å²) < 4.78 is 9.96. The number of ether oxygens (including phenoxy) is 2. The minimum absolute atomic E-state index is 0.193. The molecule has 1 amide bonds. The van der Waals surface area contributed by atoms with Crippen molar-refractivity contribution in [2.24, 2.45) is 0 Å². The number of β-lactam (4-membered cyclic amide) rings is 1. The molecule has 1 fully saturated rings. The Labute approximate surface area is 146 Å². The van der Waals surface area contributed by atoms with Crippen LogP contribution in [0.2, 0.25) is 0 Å². The summed E-state index contributed by atoms with van der Waals surface area (Å²) in [5.41, 5.74) is 2.50. The number of esters is 1. The highest BCUT2D eigenvalue weighted by atomic mass is 16.5. The zero-order chi connectivity index (χ0) is 18.0. The highest BCUT2D eigenvalue weighted by Gasteiger charge is 2.46. The molecule has 0 radical (unpaired) electrons. The van der Waals surface area contributed by atoms with E-state index < -0.39 is 5.97 Å². The van der Waals surface area contributed by atoms with E-state index in [9.17, 15) is 9.59 Å². The lowest BCUT2D eigenvalue weighted by atomic mass is 9.84. The molecule has 1 aliphatic rings. The Morgan fingerprint density at radius 1 is 1.00 bits per heavy atom. The molecule has 5 heteroatoms. The van der Waals surface area contributed by atoms with E-state index in [2.05, 4.69) is 0 Å². The molecule has 2 aromatic rings. The second-order valence-electron chi connectivity index (χ2n) is 5.72. The van der Waals surface area contributed by atoms with Crippen molar-refractivity contribution in [1.29, 1.82) is 0 Å². The number of carbonyl (C=O) groups is 2. The van der Waals surface area contributed by atoms with Gasteiger partial charge in [-0.05, 0) is 36.8 Å². The Hall–Kier alpha value is -3.08. The summed E-state index contributed by atoms with van der Waals surface area (Å²) in [5, 5.41) is 0. The number of benzene rings is 2. The minimum atomic E-state index is -0.487. The maximum Gasteiger partial charge on any atom is 0.334 e. The van der Waals surface area contributed by atoms with Crippen molar-refractivity contribution in [2.75, 3.05) is 19.1 Å². The van der Waals surface area contributed by atoms with Gasteiger partial charge in [0.15, 0.2) is 0 Å². The maximum atomic E-state index is 12.8. The topological polar surface area (TPSA) is 55.8 Å². The molecule has 5 nitrogen and oxygen atoms in total. The molecule has 2 aromatic carbocycles. The Kier molecular flexibility index (Phi) is 4.57. The normalized spacial score (nSPS) is 18.4. The van der Waals surface area contributed by atoms with Gasteiger partial charge < -0.3 is 9.47 Å². The van der Waals surface area contributed by atoms with Crippen LogP contribution in [0.1, 0.15) is 18.5 Å². The summed E-state index contributed by atoms with van der Waals surface area (Å²) in [6, 6.07) is 16.6. The van der Waals surface area contributed by atoms with Crippen LogP contribution in [0, 0.1) is 0 Å².